The van der Waals surface area contributed by atoms with E-state index in [1.165, 1.54) is 19.1 Å². The molecule has 272 valence electrons. The van der Waals surface area contributed by atoms with Crippen molar-refractivity contribution in [3.05, 3.63) is 65.5 Å². The first-order valence-corrected chi connectivity index (χ1v) is 17.5. The van der Waals surface area contributed by atoms with Crippen LogP contribution < -0.4 is 10.1 Å². The van der Waals surface area contributed by atoms with E-state index in [9.17, 15) is 32.3 Å². The molecule has 12 nitrogen and oxygen atoms in total. The Balaban J connectivity index is 1.25. The highest BCUT2D eigenvalue weighted by Crippen LogP contribution is 2.59. The number of rotatable bonds is 6. The van der Waals surface area contributed by atoms with Gasteiger partial charge >= 0.3 is 6.36 Å². The molecule has 3 atom stereocenters. The summed E-state index contributed by atoms with van der Waals surface area (Å²) in [5.74, 6) is -1.20. The zero-order valence-electron chi connectivity index (χ0n) is 28.8. The monoisotopic (exact) mass is 717 g/mol. The number of halogens is 3. The number of piperidine rings is 1. The van der Waals surface area contributed by atoms with Gasteiger partial charge in [0.25, 0.3) is 0 Å². The number of nitrogens with zero attached hydrogens (tertiary/aromatic N) is 6. The molecule has 15 heteroatoms. The number of pyridine rings is 1. The van der Waals surface area contributed by atoms with Gasteiger partial charge in [0, 0.05) is 60.8 Å². The molecule has 1 aromatic carbocycles. The Bertz CT molecular complexity index is 2060. The van der Waals surface area contributed by atoms with Gasteiger partial charge in [0.1, 0.15) is 18.1 Å². The molecule has 0 radical (unpaired) electrons. The number of alkyl halides is 3. The third-order valence-electron chi connectivity index (χ3n) is 10.3. The van der Waals surface area contributed by atoms with Crippen LogP contribution in [-0.4, -0.2) is 78.0 Å². The Morgan fingerprint density at radius 3 is 2.50 bits per heavy atom. The second-order valence-electron chi connectivity index (χ2n) is 14.1. The number of aryl methyl sites for hydroxylation is 2. The number of amides is 2. The zero-order chi connectivity index (χ0) is 36.8. The topological polar surface area (TPSA) is 149 Å². The molecule has 7 rings (SSSR count). The molecule has 0 unspecified atom stereocenters. The number of ether oxygens (including phenoxy) is 1. The first kappa shape index (κ1) is 35.2. The molecule has 1 saturated carbocycles. The minimum atomic E-state index is -4.95. The average molecular weight is 718 g/mol. The van der Waals surface area contributed by atoms with E-state index >= 15 is 0 Å². The number of nitrogens with one attached hydrogen (secondary N) is 1. The fourth-order valence-electron chi connectivity index (χ4n) is 7.75. The van der Waals surface area contributed by atoms with E-state index in [2.05, 4.69) is 30.1 Å². The van der Waals surface area contributed by atoms with Crippen LogP contribution in [-0.2, 0) is 33.8 Å². The van der Waals surface area contributed by atoms with E-state index in [0.29, 0.717) is 49.0 Å². The van der Waals surface area contributed by atoms with E-state index in [1.807, 2.05) is 12.1 Å². The largest absolute Gasteiger partial charge is 0.574 e. The zero-order valence-corrected chi connectivity index (χ0v) is 28.8. The molecule has 3 aromatic heterocycles. The van der Waals surface area contributed by atoms with Crippen LogP contribution in [0.4, 0.5) is 13.2 Å². The van der Waals surface area contributed by atoms with Gasteiger partial charge in [-0.2, -0.15) is 5.10 Å². The maximum absolute atomic E-state index is 14.4. The molecular weight excluding hydrogens is 679 g/mol. The van der Waals surface area contributed by atoms with Crippen molar-refractivity contribution < 1.29 is 37.1 Å². The van der Waals surface area contributed by atoms with Crippen molar-refractivity contribution in [2.75, 3.05) is 6.54 Å². The van der Waals surface area contributed by atoms with Crippen molar-refractivity contribution in [3.8, 4) is 17.0 Å². The summed E-state index contributed by atoms with van der Waals surface area (Å²) < 4.78 is 44.1. The predicted molar refractivity (Wildman–Crippen MR) is 181 cm³/mol. The molecule has 1 aliphatic carbocycles. The molecule has 1 N–H and O–H groups in total. The SMILES string of the molecule is CC(=O)c1nn2c3c(cc(-c4cnc(C)nc4)cc13)CCCCCCC(=O)NC[C@@]13C[C@@H](C(=O)Cc4cccc(OC(F)(F)F)n4)N(C(=O)C2)[C@@H]1C3. The maximum Gasteiger partial charge on any atom is 0.574 e. The van der Waals surface area contributed by atoms with Crippen molar-refractivity contribution in [1.29, 1.82) is 0 Å². The van der Waals surface area contributed by atoms with E-state index in [-0.39, 0.29) is 54.4 Å². The lowest BCUT2D eigenvalue weighted by atomic mass is 9.95. The third kappa shape index (κ3) is 7.26. The number of hydrogen-bond donors (Lipinski definition) is 1. The van der Waals surface area contributed by atoms with Crippen LogP contribution in [0.3, 0.4) is 0 Å². The molecule has 1 saturated heterocycles. The van der Waals surface area contributed by atoms with Gasteiger partial charge in [-0.25, -0.2) is 15.0 Å². The van der Waals surface area contributed by atoms with Crippen molar-refractivity contribution in [3.63, 3.8) is 0 Å². The summed E-state index contributed by atoms with van der Waals surface area (Å²) in [5.41, 5.74) is 2.91. The first-order chi connectivity index (χ1) is 24.8. The van der Waals surface area contributed by atoms with Crippen LogP contribution in [0.1, 0.15) is 79.4 Å². The van der Waals surface area contributed by atoms with Crippen molar-refractivity contribution in [1.82, 2.24) is 34.9 Å². The van der Waals surface area contributed by atoms with Crippen LogP contribution in [0, 0.1) is 12.3 Å². The summed E-state index contributed by atoms with van der Waals surface area (Å²) in [6.45, 7) is 3.27. The normalized spacial score (nSPS) is 22.4. The summed E-state index contributed by atoms with van der Waals surface area (Å²) >= 11 is 0. The molecule has 2 fully saturated rings. The van der Waals surface area contributed by atoms with Gasteiger partial charge in [0.15, 0.2) is 11.6 Å². The lowest BCUT2D eigenvalue weighted by Crippen LogP contribution is -2.45. The number of carbonyl (C=O) groups excluding carboxylic acids is 4. The molecule has 0 spiro atoms. The van der Waals surface area contributed by atoms with Crippen molar-refractivity contribution in [2.45, 2.75) is 96.6 Å². The van der Waals surface area contributed by atoms with Gasteiger partial charge < -0.3 is 15.0 Å². The summed E-state index contributed by atoms with van der Waals surface area (Å²) in [6, 6.07) is 6.45. The number of benzene rings is 1. The van der Waals surface area contributed by atoms with E-state index in [0.717, 1.165) is 42.0 Å². The Kier molecular flexibility index (Phi) is 9.30. The highest BCUT2D eigenvalue weighted by molar-refractivity contribution is 6.07. The molecule has 5 heterocycles. The van der Waals surface area contributed by atoms with Gasteiger partial charge in [-0.1, -0.05) is 18.9 Å². The maximum atomic E-state index is 14.4. The highest BCUT2D eigenvalue weighted by atomic mass is 19.4. The van der Waals surface area contributed by atoms with Crippen LogP contribution in [0.25, 0.3) is 22.0 Å². The molecule has 3 aliphatic rings. The Hall–Kier alpha value is -5.21. The van der Waals surface area contributed by atoms with Crippen LogP contribution >= 0.6 is 0 Å². The van der Waals surface area contributed by atoms with E-state index in [1.54, 1.807) is 28.9 Å². The second kappa shape index (κ2) is 13.7. The van der Waals surface area contributed by atoms with E-state index < -0.39 is 29.5 Å². The van der Waals surface area contributed by atoms with E-state index in [4.69, 9.17) is 0 Å². The minimum absolute atomic E-state index is 0.0696. The molecular formula is C37H38F3N7O5. The lowest BCUT2D eigenvalue weighted by molar-refractivity contribution is -0.276. The number of carbonyl (C=O) groups is 4. The molecule has 2 amide bonds. The molecule has 4 aromatic rings. The summed E-state index contributed by atoms with van der Waals surface area (Å²) in [5, 5.41) is 8.30. The van der Waals surface area contributed by atoms with Crippen LogP contribution in [0.2, 0.25) is 0 Å². The fraction of sp³-hybridized carbons (Fsp3) is 0.459. The molecule has 2 bridgehead atoms. The standard InChI is InChI=1S/C37H38F3N7O5/c1-21(48)34-27-13-24(25-17-41-22(2)42-18-25)12-23-8-5-3-4-6-10-31(50)43-20-36-15-28(47(30(36)16-36)33(51)19-46(45-34)35(23)27)29(49)14-26-9-7-11-32(44-26)52-37(38,39)40/h7,9,11-13,17-18,28,30H,3-6,8,10,14-16,19-20H2,1-2H3,(H,43,50)/t28-,30+,36-/m0/s1. The van der Waals surface area contributed by atoms with Crippen molar-refractivity contribution >= 4 is 34.3 Å². The van der Waals surface area contributed by atoms with Crippen LogP contribution in [0.5, 0.6) is 5.88 Å². The molecule has 2 aliphatic heterocycles. The van der Waals surface area contributed by atoms with Crippen molar-refractivity contribution in [2.24, 2.45) is 5.41 Å². The number of Topliss-reactive ketones (excluding diaryl/α,β-unsaturated/α-hetero) is 2. The van der Waals surface area contributed by atoms with Gasteiger partial charge in [0.2, 0.25) is 17.7 Å². The fourth-order valence-corrected chi connectivity index (χ4v) is 7.75. The highest BCUT2D eigenvalue weighted by Gasteiger charge is 2.66. The number of ketones is 2. The number of hydrogen-bond acceptors (Lipinski definition) is 9. The van der Waals surface area contributed by atoms with Gasteiger partial charge in [0.05, 0.1) is 23.7 Å². The smallest absolute Gasteiger partial charge is 0.388 e. The Morgan fingerprint density at radius 2 is 1.77 bits per heavy atom. The minimum Gasteiger partial charge on any atom is -0.388 e. The third-order valence-corrected chi connectivity index (χ3v) is 10.3. The summed E-state index contributed by atoms with van der Waals surface area (Å²) in [6.07, 6.45) is 3.26. The predicted octanol–water partition coefficient (Wildman–Crippen LogP) is 5.09. The first-order valence-electron chi connectivity index (χ1n) is 17.5. The Labute approximate surface area is 297 Å². The second-order valence-corrected chi connectivity index (χ2v) is 14.1. The van der Waals surface area contributed by atoms with Gasteiger partial charge in [-0.15, -0.1) is 13.2 Å². The molecule has 52 heavy (non-hydrogen) atoms. The summed E-state index contributed by atoms with van der Waals surface area (Å²) in [4.78, 5) is 68.3. The number of aromatic nitrogens is 5. The van der Waals surface area contributed by atoms with Gasteiger partial charge in [-0.05, 0) is 68.4 Å². The Morgan fingerprint density at radius 1 is 1.02 bits per heavy atom. The van der Waals surface area contributed by atoms with Gasteiger partial charge in [-0.3, -0.25) is 23.9 Å². The summed E-state index contributed by atoms with van der Waals surface area (Å²) in [7, 11) is 0. The average Bonchev–Trinajstić information content (AvgIpc) is 3.49. The quantitative estimate of drug-likeness (QED) is 0.269. The van der Waals surface area contributed by atoms with Crippen LogP contribution in [0.15, 0.2) is 42.7 Å². The lowest BCUT2D eigenvalue weighted by Gasteiger charge is -2.27.